The number of amides is 1. The molecule has 0 radical (unpaired) electrons. The molecular formula is C11H19NO6. The molecule has 1 fully saturated rings. The Labute approximate surface area is 105 Å². The lowest BCUT2D eigenvalue weighted by Gasteiger charge is -2.42. The number of methoxy groups -OCH3 is 1. The molecule has 0 aromatic rings. The van der Waals surface area contributed by atoms with E-state index in [0.717, 1.165) is 0 Å². The van der Waals surface area contributed by atoms with Gasteiger partial charge in [-0.3, -0.25) is 9.59 Å². The summed E-state index contributed by atoms with van der Waals surface area (Å²) in [6.45, 7) is 4.26. The largest absolute Gasteiger partial charge is 0.457 e. The average molecular weight is 261 g/mol. The Morgan fingerprint density at radius 3 is 2.39 bits per heavy atom. The van der Waals surface area contributed by atoms with Crippen molar-refractivity contribution in [1.29, 1.82) is 0 Å². The Morgan fingerprint density at radius 1 is 1.33 bits per heavy atom. The van der Waals surface area contributed by atoms with Crippen LogP contribution in [-0.2, 0) is 23.8 Å². The van der Waals surface area contributed by atoms with Crippen LogP contribution in [0.5, 0.6) is 0 Å². The van der Waals surface area contributed by atoms with Crippen LogP contribution in [-0.4, -0.2) is 54.7 Å². The quantitative estimate of drug-likeness (QED) is 0.644. The maximum atomic E-state index is 11.1. The molecule has 0 aliphatic carbocycles. The first kappa shape index (κ1) is 14.9. The zero-order valence-electron chi connectivity index (χ0n) is 10.9. The van der Waals surface area contributed by atoms with E-state index in [9.17, 15) is 14.7 Å². The van der Waals surface area contributed by atoms with E-state index < -0.39 is 36.6 Å². The number of aliphatic hydroxyl groups is 1. The van der Waals surface area contributed by atoms with Crippen molar-refractivity contribution in [1.82, 2.24) is 5.32 Å². The van der Waals surface area contributed by atoms with Gasteiger partial charge in [-0.05, 0) is 6.92 Å². The summed E-state index contributed by atoms with van der Waals surface area (Å²) in [7, 11) is 1.39. The number of rotatable bonds is 3. The third-order valence-corrected chi connectivity index (χ3v) is 2.72. The number of carbonyl (C=O) groups excluding carboxylic acids is 2. The second kappa shape index (κ2) is 6.12. The van der Waals surface area contributed by atoms with Crippen LogP contribution >= 0.6 is 0 Å². The van der Waals surface area contributed by atoms with Gasteiger partial charge in [-0.1, -0.05) is 0 Å². The van der Waals surface area contributed by atoms with E-state index >= 15 is 0 Å². The Bertz CT molecular complexity index is 321. The van der Waals surface area contributed by atoms with E-state index in [2.05, 4.69) is 5.32 Å². The number of hydrogen-bond acceptors (Lipinski definition) is 6. The Kier molecular flexibility index (Phi) is 5.06. The molecule has 0 aromatic heterocycles. The number of esters is 1. The summed E-state index contributed by atoms with van der Waals surface area (Å²) in [6.07, 6.45) is -3.24. The molecule has 0 unspecified atom stereocenters. The van der Waals surface area contributed by atoms with Gasteiger partial charge in [-0.25, -0.2) is 0 Å². The van der Waals surface area contributed by atoms with Crippen LogP contribution in [0.2, 0.25) is 0 Å². The summed E-state index contributed by atoms with van der Waals surface area (Å²) in [5, 5.41) is 12.6. The molecule has 1 aliphatic heterocycles. The minimum absolute atomic E-state index is 0.333. The van der Waals surface area contributed by atoms with Crippen LogP contribution in [0.25, 0.3) is 0 Å². The maximum Gasteiger partial charge on any atom is 0.303 e. The SMILES string of the molecule is CO[C@H]1O[C@@H](C)[C@H](OC(C)=O)[C@@H](NC(C)=O)[C@@H]1O. The second-order valence-corrected chi connectivity index (χ2v) is 4.24. The Balaban J connectivity index is 2.89. The third-order valence-electron chi connectivity index (χ3n) is 2.72. The topological polar surface area (TPSA) is 94.1 Å². The maximum absolute atomic E-state index is 11.1. The fourth-order valence-electron chi connectivity index (χ4n) is 1.98. The predicted octanol–water partition coefficient (Wildman–Crippen LogP) is -0.825. The Morgan fingerprint density at radius 2 is 1.94 bits per heavy atom. The molecule has 0 bridgehead atoms. The third kappa shape index (κ3) is 3.41. The summed E-state index contributed by atoms with van der Waals surface area (Å²) >= 11 is 0. The van der Waals surface area contributed by atoms with Gasteiger partial charge in [0.05, 0.1) is 12.1 Å². The van der Waals surface area contributed by atoms with Crippen molar-refractivity contribution in [2.45, 2.75) is 51.4 Å². The van der Waals surface area contributed by atoms with Gasteiger partial charge >= 0.3 is 5.97 Å². The summed E-state index contributed by atoms with van der Waals surface area (Å²) < 4.78 is 15.4. The number of carbonyl (C=O) groups is 2. The van der Waals surface area contributed by atoms with Gasteiger partial charge in [-0.2, -0.15) is 0 Å². The number of nitrogens with one attached hydrogen (secondary N) is 1. The standard InChI is InChI=1S/C11H19NO6/c1-5-10(18-7(3)14)8(12-6(2)13)9(15)11(16-4)17-5/h5,8-11,15H,1-4H3,(H,12,13)/t5-,8-,9-,10-,11-/m0/s1. The summed E-state index contributed by atoms with van der Waals surface area (Å²) in [6, 6.07) is -0.764. The van der Waals surface area contributed by atoms with Gasteiger partial charge in [0.15, 0.2) is 12.4 Å². The normalized spacial score (nSPS) is 35.9. The highest BCUT2D eigenvalue weighted by Crippen LogP contribution is 2.24. The van der Waals surface area contributed by atoms with Gasteiger partial charge in [0.1, 0.15) is 6.10 Å². The molecule has 1 rings (SSSR count). The highest BCUT2D eigenvalue weighted by molar-refractivity contribution is 5.73. The van der Waals surface area contributed by atoms with Crippen LogP contribution in [0.15, 0.2) is 0 Å². The highest BCUT2D eigenvalue weighted by atomic mass is 16.7. The van der Waals surface area contributed by atoms with Crippen LogP contribution in [0, 0.1) is 0 Å². The number of hydrogen-bond donors (Lipinski definition) is 2. The highest BCUT2D eigenvalue weighted by Gasteiger charge is 2.46. The molecule has 0 aromatic carbocycles. The van der Waals surface area contributed by atoms with E-state index in [4.69, 9.17) is 14.2 Å². The molecular weight excluding hydrogens is 242 g/mol. The molecule has 1 heterocycles. The molecule has 1 amide bonds. The fraction of sp³-hybridized carbons (Fsp3) is 0.818. The van der Waals surface area contributed by atoms with E-state index in [1.165, 1.54) is 21.0 Å². The fourth-order valence-corrected chi connectivity index (χ4v) is 1.98. The van der Waals surface area contributed by atoms with E-state index in [1.54, 1.807) is 6.92 Å². The lowest BCUT2D eigenvalue weighted by atomic mass is 9.96. The number of ether oxygens (including phenoxy) is 3. The van der Waals surface area contributed by atoms with Gasteiger partial charge < -0.3 is 24.6 Å². The monoisotopic (exact) mass is 261 g/mol. The zero-order chi connectivity index (χ0) is 13.9. The summed E-state index contributed by atoms with van der Waals surface area (Å²) in [5.41, 5.74) is 0. The lowest BCUT2D eigenvalue weighted by molar-refractivity contribution is -0.265. The molecule has 104 valence electrons. The van der Waals surface area contributed by atoms with Gasteiger partial charge in [-0.15, -0.1) is 0 Å². The van der Waals surface area contributed by atoms with Crippen molar-refractivity contribution < 1.29 is 28.9 Å². The van der Waals surface area contributed by atoms with Gasteiger partial charge in [0, 0.05) is 21.0 Å². The first-order valence-electron chi connectivity index (χ1n) is 5.67. The number of aliphatic hydroxyl groups excluding tert-OH is 1. The van der Waals surface area contributed by atoms with Crippen LogP contribution in [0.1, 0.15) is 20.8 Å². The smallest absolute Gasteiger partial charge is 0.303 e. The van der Waals surface area contributed by atoms with Crippen LogP contribution in [0.3, 0.4) is 0 Å². The molecule has 7 heteroatoms. The molecule has 2 N–H and O–H groups in total. The molecule has 0 saturated carbocycles. The van der Waals surface area contributed by atoms with E-state index in [-0.39, 0.29) is 5.91 Å². The zero-order valence-corrected chi connectivity index (χ0v) is 10.9. The molecule has 1 aliphatic rings. The van der Waals surface area contributed by atoms with Crippen molar-refractivity contribution >= 4 is 11.9 Å². The van der Waals surface area contributed by atoms with Gasteiger partial charge in [0.2, 0.25) is 5.91 Å². The van der Waals surface area contributed by atoms with Crippen molar-refractivity contribution in [3.05, 3.63) is 0 Å². The molecule has 7 nitrogen and oxygen atoms in total. The van der Waals surface area contributed by atoms with Crippen LogP contribution < -0.4 is 5.32 Å². The first-order valence-corrected chi connectivity index (χ1v) is 5.67. The van der Waals surface area contributed by atoms with E-state index in [0.29, 0.717) is 0 Å². The van der Waals surface area contributed by atoms with Crippen molar-refractivity contribution in [3.8, 4) is 0 Å². The van der Waals surface area contributed by atoms with Crippen molar-refractivity contribution in [3.63, 3.8) is 0 Å². The minimum atomic E-state index is -1.11. The second-order valence-electron chi connectivity index (χ2n) is 4.24. The summed E-state index contributed by atoms with van der Waals surface area (Å²) in [4.78, 5) is 22.2. The minimum Gasteiger partial charge on any atom is -0.457 e. The first-order chi connectivity index (χ1) is 8.36. The lowest BCUT2D eigenvalue weighted by Crippen LogP contribution is -2.64. The van der Waals surface area contributed by atoms with Crippen molar-refractivity contribution in [2.75, 3.05) is 7.11 Å². The van der Waals surface area contributed by atoms with E-state index in [1.807, 2.05) is 0 Å². The molecule has 1 saturated heterocycles. The molecule has 0 spiro atoms. The predicted molar refractivity (Wildman–Crippen MR) is 60.5 cm³/mol. The van der Waals surface area contributed by atoms with Crippen LogP contribution in [0.4, 0.5) is 0 Å². The van der Waals surface area contributed by atoms with Gasteiger partial charge in [0.25, 0.3) is 0 Å². The average Bonchev–Trinajstić information content (AvgIpc) is 2.27. The summed E-state index contributed by atoms with van der Waals surface area (Å²) in [5.74, 6) is -0.839. The molecule has 18 heavy (non-hydrogen) atoms. The molecule has 5 atom stereocenters. The Hall–Kier alpha value is -1.18. The van der Waals surface area contributed by atoms with Crippen molar-refractivity contribution in [2.24, 2.45) is 0 Å².